The second kappa shape index (κ2) is 9.72. The molecule has 1 aliphatic rings. The maximum absolute atomic E-state index is 12.7. The van der Waals surface area contributed by atoms with Gasteiger partial charge in [0.15, 0.2) is 0 Å². The van der Waals surface area contributed by atoms with Gasteiger partial charge in [-0.15, -0.1) is 0 Å². The average Bonchev–Trinajstić information content (AvgIpc) is 3.17. The Balaban J connectivity index is 1.77. The summed E-state index contributed by atoms with van der Waals surface area (Å²) in [6.45, 7) is 2.00. The molecule has 1 saturated heterocycles. The molecule has 0 aliphatic carbocycles. The van der Waals surface area contributed by atoms with Gasteiger partial charge in [0.2, 0.25) is 31.9 Å². The zero-order valence-electron chi connectivity index (χ0n) is 19.5. The van der Waals surface area contributed by atoms with Gasteiger partial charge in [-0.1, -0.05) is 0 Å². The van der Waals surface area contributed by atoms with E-state index in [9.17, 15) is 26.4 Å². The van der Waals surface area contributed by atoms with Crippen LogP contribution in [0.5, 0.6) is 0 Å². The Bertz CT molecular complexity index is 1310. The molecule has 1 heterocycles. The molecule has 0 atom stereocenters. The number of hydrogen-bond donors (Lipinski definition) is 1. The first kappa shape index (κ1) is 25.7. The van der Waals surface area contributed by atoms with E-state index in [0.717, 1.165) is 32.5 Å². The highest BCUT2D eigenvalue weighted by atomic mass is 32.2. The summed E-state index contributed by atoms with van der Waals surface area (Å²) in [6.07, 6.45) is 2.29. The number of carbonyl (C=O) groups is 2. The van der Waals surface area contributed by atoms with E-state index in [1.54, 1.807) is 23.1 Å². The zero-order valence-corrected chi connectivity index (χ0v) is 21.1. The number of amides is 2. The van der Waals surface area contributed by atoms with Crippen molar-refractivity contribution in [1.82, 2.24) is 4.31 Å². The molecule has 3 rings (SSSR count). The Kier molecular flexibility index (Phi) is 7.34. The van der Waals surface area contributed by atoms with E-state index < -0.39 is 32.5 Å². The van der Waals surface area contributed by atoms with E-state index >= 15 is 0 Å². The quantitative estimate of drug-likeness (QED) is 0.580. The molecule has 0 saturated carbocycles. The monoisotopic (exact) mass is 508 g/mol. The van der Waals surface area contributed by atoms with Crippen molar-refractivity contribution >= 4 is 48.9 Å². The minimum Gasteiger partial charge on any atom is -0.325 e. The van der Waals surface area contributed by atoms with Crippen LogP contribution in [-0.2, 0) is 29.6 Å². The van der Waals surface area contributed by atoms with Crippen LogP contribution in [0.1, 0.15) is 18.4 Å². The molecule has 1 N–H and O–H groups in total. The highest BCUT2D eigenvalue weighted by Crippen LogP contribution is 2.28. The lowest BCUT2D eigenvalue weighted by Gasteiger charge is -2.23. The summed E-state index contributed by atoms with van der Waals surface area (Å²) in [7, 11) is -4.72. The fourth-order valence-corrected chi connectivity index (χ4v) is 5.42. The topological polar surface area (TPSA) is 124 Å². The second-order valence-corrected chi connectivity index (χ2v) is 12.3. The Morgan fingerprint density at radius 3 is 2.21 bits per heavy atom. The van der Waals surface area contributed by atoms with E-state index in [0.29, 0.717) is 18.7 Å². The van der Waals surface area contributed by atoms with Crippen LogP contribution in [-0.4, -0.2) is 66.4 Å². The summed E-state index contributed by atoms with van der Waals surface area (Å²) in [5.41, 5.74) is 2.23. The minimum atomic E-state index is -3.83. The molecule has 0 spiro atoms. The average molecular weight is 509 g/mol. The predicted molar refractivity (Wildman–Crippen MR) is 131 cm³/mol. The van der Waals surface area contributed by atoms with Crippen LogP contribution < -0.4 is 14.5 Å². The van der Waals surface area contributed by atoms with Crippen LogP contribution in [0.2, 0.25) is 0 Å². The van der Waals surface area contributed by atoms with Gasteiger partial charge in [-0.25, -0.2) is 21.1 Å². The van der Waals surface area contributed by atoms with Gasteiger partial charge in [-0.2, -0.15) is 0 Å². The molecular formula is C22H28N4O6S2. The number of rotatable bonds is 8. The van der Waals surface area contributed by atoms with Gasteiger partial charge in [0.1, 0.15) is 6.54 Å². The van der Waals surface area contributed by atoms with Crippen molar-refractivity contribution in [2.45, 2.75) is 24.7 Å². The van der Waals surface area contributed by atoms with E-state index in [-0.39, 0.29) is 16.5 Å². The van der Waals surface area contributed by atoms with Crippen molar-refractivity contribution in [3.8, 4) is 0 Å². The number of benzene rings is 2. The molecule has 10 nitrogen and oxygen atoms in total. The van der Waals surface area contributed by atoms with E-state index in [1.807, 2.05) is 6.92 Å². The zero-order chi connectivity index (χ0) is 25.3. The van der Waals surface area contributed by atoms with Gasteiger partial charge in [0.25, 0.3) is 0 Å². The second-order valence-electron chi connectivity index (χ2n) is 8.25. The standard InChI is InChI=1S/C22H28N4O6S2/c1-16-14-17(7-12-20(16)25-13-5-6-22(25)28)23-21(27)15-26(33(4,29)30)18-8-10-19(11-9-18)34(31,32)24(2)3/h7-12,14H,5-6,13,15H2,1-4H3,(H,23,27). The lowest BCUT2D eigenvalue weighted by Crippen LogP contribution is -2.37. The molecule has 184 valence electrons. The number of nitrogens with one attached hydrogen (secondary N) is 1. The van der Waals surface area contributed by atoms with Gasteiger partial charge in [0.05, 0.1) is 16.8 Å². The van der Waals surface area contributed by atoms with E-state index in [4.69, 9.17) is 0 Å². The summed E-state index contributed by atoms with van der Waals surface area (Å²) in [5, 5.41) is 2.68. The Hall–Kier alpha value is -2.96. The molecule has 1 aliphatic heterocycles. The maximum atomic E-state index is 12.7. The third-order valence-electron chi connectivity index (χ3n) is 5.44. The van der Waals surface area contributed by atoms with Gasteiger partial charge in [-0.3, -0.25) is 13.9 Å². The molecule has 0 aromatic heterocycles. The van der Waals surface area contributed by atoms with Crippen molar-refractivity contribution < 1.29 is 26.4 Å². The molecular weight excluding hydrogens is 480 g/mol. The summed E-state index contributed by atoms with van der Waals surface area (Å²) < 4.78 is 51.2. The highest BCUT2D eigenvalue weighted by molar-refractivity contribution is 7.92. The lowest BCUT2D eigenvalue weighted by molar-refractivity contribution is -0.117. The molecule has 2 aromatic carbocycles. The van der Waals surface area contributed by atoms with Gasteiger partial charge in [-0.05, 0) is 61.4 Å². The van der Waals surface area contributed by atoms with Gasteiger partial charge < -0.3 is 10.2 Å². The number of aryl methyl sites for hydroxylation is 1. The third kappa shape index (κ3) is 5.57. The normalized spacial score (nSPS) is 14.5. The molecule has 0 bridgehead atoms. The van der Waals surface area contributed by atoms with E-state index in [1.165, 1.54) is 38.4 Å². The molecule has 1 fully saturated rings. The maximum Gasteiger partial charge on any atom is 0.245 e. The summed E-state index contributed by atoms with van der Waals surface area (Å²) in [4.78, 5) is 26.4. The SMILES string of the molecule is Cc1cc(NC(=O)CN(c2ccc(S(=O)(=O)N(C)C)cc2)S(C)(=O)=O)ccc1N1CCCC1=O. The third-order valence-corrected chi connectivity index (χ3v) is 8.41. The molecule has 12 heteroatoms. The van der Waals surface area contributed by atoms with E-state index in [2.05, 4.69) is 5.32 Å². The van der Waals surface area contributed by atoms with Crippen LogP contribution in [0, 0.1) is 6.92 Å². The number of hydrogen-bond acceptors (Lipinski definition) is 6. The van der Waals surface area contributed by atoms with Crippen molar-refractivity contribution in [2.24, 2.45) is 0 Å². The predicted octanol–water partition coefficient (Wildman–Crippen LogP) is 1.78. The summed E-state index contributed by atoms with van der Waals surface area (Å²) in [5.74, 6) is -0.507. The van der Waals surface area contributed by atoms with Gasteiger partial charge in [0, 0.05) is 38.4 Å². The summed E-state index contributed by atoms with van der Waals surface area (Å²) >= 11 is 0. The largest absolute Gasteiger partial charge is 0.325 e. The molecule has 2 amide bonds. The van der Waals surface area contributed by atoms with Crippen molar-refractivity contribution in [2.75, 3.05) is 48.0 Å². The molecule has 0 unspecified atom stereocenters. The molecule has 0 radical (unpaired) electrons. The van der Waals surface area contributed by atoms with Crippen LogP contribution in [0.3, 0.4) is 0 Å². The Labute approximate surface area is 200 Å². The van der Waals surface area contributed by atoms with Crippen LogP contribution in [0.15, 0.2) is 47.4 Å². The highest BCUT2D eigenvalue weighted by Gasteiger charge is 2.25. The van der Waals surface area contributed by atoms with Crippen molar-refractivity contribution in [1.29, 1.82) is 0 Å². The number of carbonyl (C=O) groups excluding carboxylic acids is 2. The number of anilines is 3. The fourth-order valence-electron chi connectivity index (χ4n) is 3.67. The first-order valence-electron chi connectivity index (χ1n) is 10.5. The Morgan fingerprint density at radius 1 is 1.06 bits per heavy atom. The first-order valence-corrected chi connectivity index (χ1v) is 13.8. The minimum absolute atomic E-state index is 0.00574. The van der Waals surface area contributed by atoms with Crippen LogP contribution in [0.25, 0.3) is 0 Å². The van der Waals surface area contributed by atoms with Crippen LogP contribution in [0.4, 0.5) is 17.1 Å². The smallest absolute Gasteiger partial charge is 0.245 e. The number of sulfonamides is 2. The molecule has 2 aromatic rings. The lowest BCUT2D eigenvalue weighted by atomic mass is 10.1. The number of nitrogens with zero attached hydrogens (tertiary/aromatic N) is 3. The van der Waals surface area contributed by atoms with Crippen molar-refractivity contribution in [3.05, 3.63) is 48.0 Å². The molecule has 34 heavy (non-hydrogen) atoms. The van der Waals surface area contributed by atoms with Gasteiger partial charge >= 0.3 is 0 Å². The van der Waals surface area contributed by atoms with Crippen LogP contribution >= 0.6 is 0 Å². The fraction of sp³-hybridized carbons (Fsp3) is 0.364. The summed E-state index contributed by atoms with van der Waals surface area (Å²) in [6, 6.07) is 10.4. The van der Waals surface area contributed by atoms with Crippen molar-refractivity contribution in [3.63, 3.8) is 0 Å². The first-order chi connectivity index (χ1) is 15.8. The Morgan fingerprint density at radius 2 is 1.71 bits per heavy atom.